The van der Waals surface area contributed by atoms with E-state index in [1.165, 1.54) is 29.5 Å². The van der Waals surface area contributed by atoms with Crippen molar-refractivity contribution in [2.45, 2.75) is 30.2 Å². The van der Waals surface area contributed by atoms with Crippen LogP contribution >= 0.6 is 34.7 Å². The van der Waals surface area contributed by atoms with Crippen LogP contribution in [0, 0.1) is 0 Å². The van der Waals surface area contributed by atoms with Crippen LogP contribution in [0.15, 0.2) is 57.6 Å². The van der Waals surface area contributed by atoms with Crippen LogP contribution in [0.3, 0.4) is 0 Å². The lowest BCUT2D eigenvalue weighted by Crippen LogP contribution is -2.35. The molecule has 0 bridgehead atoms. The summed E-state index contributed by atoms with van der Waals surface area (Å²) in [6, 6.07) is 11.2. The number of hydrogen-bond acceptors (Lipinski definition) is 7. The van der Waals surface area contributed by atoms with E-state index in [1.807, 2.05) is 51.2 Å². The minimum Gasteiger partial charge on any atom is -0.461 e. The Morgan fingerprint density at radius 3 is 2.81 bits per heavy atom. The standard InChI is InChI=1S/C22H20ClN5O2S2/c23-15-6-4-7-16(12-15)28-20(18-8-5-11-30-18)25-26-22(28)32-14-19-24-17(13-31-19)21(29)27-9-2-1-3-10-27/h4-8,11-13H,1-3,9-10,14H2. The fourth-order valence-corrected chi connectivity index (χ4v) is 5.56. The number of carbonyl (C=O) groups excluding carboxylic acids is 1. The van der Waals surface area contributed by atoms with Gasteiger partial charge in [0.25, 0.3) is 5.91 Å². The second kappa shape index (κ2) is 9.48. The van der Waals surface area contributed by atoms with Gasteiger partial charge in [0.2, 0.25) is 5.82 Å². The second-order valence-electron chi connectivity index (χ2n) is 7.37. The topological polar surface area (TPSA) is 77.0 Å². The molecule has 0 atom stereocenters. The minimum atomic E-state index is 0.0272. The molecule has 1 aromatic carbocycles. The summed E-state index contributed by atoms with van der Waals surface area (Å²) in [6.45, 7) is 1.64. The molecule has 4 heterocycles. The molecule has 1 saturated heterocycles. The minimum absolute atomic E-state index is 0.0272. The number of thioether (sulfide) groups is 1. The Balaban J connectivity index is 1.37. The number of furan rings is 1. The fourth-order valence-electron chi connectivity index (χ4n) is 3.64. The summed E-state index contributed by atoms with van der Waals surface area (Å²) in [5.41, 5.74) is 1.37. The van der Waals surface area contributed by atoms with Gasteiger partial charge in [0, 0.05) is 23.5 Å². The summed E-state index contributed by atoms with van der Waals surface area (Å²) in [6.07, 6.45) is 4.93. The normalized spacial score (nSPS) is 14.1. The number of amides is 1. The van der Waals surface area contributed by atoms with Gasteiger partial charge in [-0.05, 0) is 49.6 Å². The van der Waals surface area contributed by atoms with Crippen molar-refractivity contribution in [3.05, 3.63) is 63.8 Å². The number of thiazole rings is 1. The first-order valence-corrected chi connectivity index (χ1v) is 12.5. The number of piperidine rings is 1. The van der Waals surface area contributed by atoms with E-state index in [0.717, 1.165) is 36.6 Å². The number of hydrogen-bond donors (Lipinski definition) is 0. The maximum atomic E-state index is 12.7. The molecule has 4 aromatic rings. The van der Waals surface area contributed by atoms with Crippen LogP contribution in [-0.2, 0) is 5.75 Å². The molecule has 3 aromatic heterocycles. The van der Waals surface area contributed by atoms with Gasteiger partial charge in [0.15, 0.2) is 10.9 Å². The molecular weight excluding hydrogens is 466 g/mol. The van der Waals surface area contributed by atoms with Crippen LogP contribution in [0.1, 0.15) is 34.8 Å². The van der Waals surface area contributed by atoms with Crippen LogP contribution in [0.25, 0.3) is 17.3 Å². The van der Waals surface area contributed by atoms with Crippen LogP contribution in [0.5, 0.6) is 0 Å². The lowest BCUT2D eigenvalue weighted by Gasteiger charge is -2.25. The Bertz CT molecular complexity index is 1210. The highest BCUT2D eigenvalue weighted by Crippen LogP contribution is 2.31. The van der Waals surface area contributed by atoms with E-state index < -0.39 is 0 Å². The monoisotopic (exact) mass is 485 g/mol. The van der Waals surface area contributed by atoms with Crippen LogP contribution in [-0.4, -0.2) is 43.6 Å². The van der Waals surface area contributed by atoms with Gasteiger partial charge in [-0.25, -0.2) is 4.98 Å². The average Bonchev–Trinajstić information content (AvgIpc) is 3.58. The molecule has 1 amide bonds. The second-order valence-corrected chi connectivity index (χ2v) is 9.69. The number of carbonyl (C=O) groups is 1. The summed E-state index contributed by atoms with van der Waals surface area (Å²) < 4.78 is 7.48. The third-order valence-corrected chi connectivity index (χ3v) is 7.39. The van der Waals surface area contributed by atoms with Crippen molar-refractivity contribution in [2.75, 3.05) is 13.1 Å². The fraction of sp³-hybridized carbons (Fsp3) is 0.273. The molecule has 0 saturated carbocycles. The summed E-state index contributed by atoms with van der Waals surface area (Å²) in [5.74, 6) is 1.82. The third kappa shape index (κ3) is 4.46. The van der Waals surface area contributed by atoms with E-state index in [4.69, 9.17) is 16.0 Å². The number of halogens is 1. The Kier molecular flexibility index (Phi) is 6.29. The van der Waals surface area contributed by atoms with E-state index in [1.54, 1.807) is 6.26 Å². The largest absolute Gasteiger partial charge is 0.461 e. The highest BCUT2D eigenvalue weighted by Gasteiger charge is 2.22. The smallest absolute Gasteiger partial charge is 0.273 e. The molecular formula is C22H20ClN5O2S2. The molecule has 0 aliphatic carbocycles. The van der Waals surface area contributed by atoms with Crippen molar-refractivity contribution < 1.29 is 9.21 Å². The van der Waals surface area contributed by atoms with Gasteiger partial charge in [-0.3, -0.25) is 9.36 Å². The van der Waals surface area contributed by atoms with Crippen LogP contribution in [0.2, 0.25) is 5.02 Å². The lowest BCUT2D eigenvalue weighted by atomic mass is 10.1. The maximum Gasteiger partial charge on any atom is 0.273 e. The van der Waals surface area contributed by atoms with Crippen LogP contribution in [0.4, 0.5) is 0 Å². The zero-order chi connectivity index (χ0) is 21.9. The summed E-state index contributed by atoms with van der Waals surface area (Å²) >= 11 is 9.23. The van der Waals surface area contributed by atoms with Crippen molar-refractivity contribution in [1.29, 1.82) is 0 Å². The molecule has 5 rings (SSSR count). The lowest BCUT2D eigenvalue weighted by molar-refractivity contribution is 0.0719. The van der Waals surface area contributed by atoms with E-state index in [9.17, 15) is 4.79 Å². The molecule has 1 aliphatic rings. The summed E-state index contributed by atoms with van der Waals surface area (Å²) in [4.78, 5) is 19.2. The summed E-state index contributed by atoms with van der Waals surface area (Å²) in [5, 5.41) is 12.8. The molecule has 1 fully saturated rings. The highest BCUT2D eigenvalue weighted by atomic mass is 35.5. The van der Waals surface area contributed by atoms with Crippen molar-refractivity contribution in [3.63, 3.8) is 0 Å². The van der Waals surface area contributed by atoms with Crippen molar-refractivity contribution >= 4 is 40.6 Å². The predicted molar refractivity (Wildman–Crippen MR) is 126 cm³/mol. The average molecular weight is 486 g/mol. The molecule has 164 valence electrons. The van der Waals surface area contributed by atoms with Crippen molar-refractivity contribution in [1.82, 2.24) is 24.6 Å². The first kappa shape index (κ1) is 21.2. The number of nitrogens with zero attached hydrogens (tertiary/aromatic N) is 5. The maximum absolute atomic E-state index is 12.7. The first-order valence-electron chi connectivity index (χ1n) is 10.3. The first-order chi connectivity index (χ1) is 15.7. The van der Waals surface area contributed by atoms with Gasteiger partial charge < -0.3 is 9.32 Å². The molecule has 32 heavy (non-hydrogen) atoms. The quantitative estimate of drug-likeness (QED) is 0.333. The van der Waals surface area contributed by atoms with Crippen LogP contribution < -0.4 is 0 Å². The molecule has 7 nitrogen and oxygen atoms in total. The highest BCUT2D eigenvalue weighted by molar-refractivity contribution is 7.98. The molecule has 1 aliphatic heterocycles. The SMILES string of the molecule is O=C(c1csc(CSc2nnc(-c3ccco3)n2-c2cccc(Cl)c2)n1)N1CCCCC1. The molecule has 10 heteroatoms. The number of rotatable bonds is 6. The number of aromatic nitrogens is 4. The molecule has 0 radical (unpaired) electrons. The van der Waals surface area contributed by atoms with Crippen molar-refractivity contribution in [2.24, 2.45) is 0 Å². The Hall–Kier alpha value is -2.62. The summed E-state index contributed by atoms with van der Waals surface area (Å²) in [7, 11) is 0. The van der Waals surface area contributed by atoms with Gasteiger partial charge in [0.05, 0.1) is 17.7 Å². The number of benzene rings is 1. The molecule has 0 N–H and O–H groups in total. The van der Waals surface area contributed by atoms with Gasteiger partial charge in [-0.15, -0.1) is 21.5 Å². The third-order valence-electron chi connectivity index (χ3n) is 5.18. The van der Waals surface area contributed by atoms with E-state index in [-0.39, 0.29) is 5.91 Å². The number of likely N-dealkylation sites (tertiary alicyclic amines) is 1. The van der Waals surface area contributed by atoms with E-state index in [0.29, 0.717) is 33.2 Å². The predicted octanol–water partition coefficient (Wildman–Crippen LogP) is 5.56. The van der Waals surface area contributed by atoms with Gasteiger partial charge in [-0.1, -0.05) is 29.4 Å². The zero-order valence-electron chi connectivity index (χ0n) is 17.1. The Morgan fingerprint density at radius 2 is 2.03 bits per heavy atom. The van der Waals surface area contributed by atoms with Gasteiger partial charge >= 0.3 is 0 Å². The molecule has 0 spiro atoms. The zero-order valence-corrected chi connectivity index (χ0v) is 19.5. The van der Waals surface area contributed by atoms with Crippen molar-refractivity contribution in [3.8, 4) is 17.3 Å². The van der Waals surface area contributed by atoms with E-state index in [2.05, 4.69) is 15.2 Å². The molecule has 0 unspecified atom stereocenters. The Morgan fingerprint density at radius 1 is 1.16 bits per heavy atom. The Labute approximate surface area is 198 Å². The van der Waals surface area contributed by atoms with Gasteiger partial charge in [0.1, 0.15) is 10.7 Å². The van der Waals surface area contributed by atoms with E-state index >= 15 is 0 Å². The van der Waals surface area contributed by atoms with Gasteiger partial charge in [-0.2, -0.15) is 0 Å².